The molecule has 0 fully saturated rings. The summed E-state index contributed by atoms with van der Waals surface area (Å²) in [6.45, 7) is 0.0105. The summed E-state index contributed by atoms with van der Waals surface area (Å²) >= 11 is 11.8. The van der Waals surface area contributed by atoms with Crippen LogP contribution in [-0.2, 0) is 11.3 Å². The quantitative estimate of drug-likeness (QED) is 0.642. The van der Waals surface area contributed by atoms with Crippen molar-refractivity contribution in [2.75, 3.05) is 7.11 Å². The Morgan fingerprint density at radius 1 is 1.37 bits per heavy atom. The number of methoxy groups -OCH3 is 1. The smallest absolute Gasteiger partial charge is 0.331 e. The number of benzene rings is 1. The molecule has 0 atom stereocenters. The molecule has 0 N–H and O–H groups in total. The lowest BCUT2D eigenvalue weighted by atomic mass is 10.3. The highest BCUT2D eigenvalue weighted by Gasteiger charge is 2.27. The number of rotatable bonds is 4. The minimum atomic E-state index is -0.573. The van der Waals surface area contributed by atoms with E-state index < -0.39 is 4.92 Å². The maximum atomic E-state index is 11.0. The summed E-state index contributed by atoms with van der Waals surface area (Å²) in [6, 6.07) is 6.64. The molecule has 0 radical (unpaired) electrons. The van der Waals surface area contributed by atoms with Gasteiger partial charge in [-0.1, -0.05) is 23.2 Å². The normalized spacial score (nSPS) is 10.7. The molecule has 0 aliphatic rings. The van der Waals surface area contributed by atoms with E-state index in [0.29, 0.717) is 10.7 Å². The number of nitro groups is 1. The van der Waals surface area contributed by atoms with Crippen LogP contribution in [0, 0.1) is 10.1 Å². The van der Waals surface area contributed by atoms with Crippen LogP contribution in [0.5, 0.6) is 0 Å². The van der Waals surface area contributed by atoms with E-state index in [1.807, 2.05) is 0 Å². The summed E-state index contributed by atoms with van der Waals surface area (Å²) in [4.78, 5) is 10.4. The average Bonchev–Trinajstić information content (AvgIpc) is 2.68. The molecule has 0 bridgehead atoms. The van der Waals surface area contributed by atoms with Crippen LogP contribution in [0.25, 0.3) is 5.69 Å². The van der Waals surface area contributed by atoms with Crippen LogP contribution in [0.1, 0.15) is 5.69 Å². The number of halogens is 2. The van der Waals surface area contributed by atoms with Crippen LogP contribution in [0.2, 0.25) is 10.2 Å². The topological polar surface area (TPSA) is 70.2 Å². The average molecular weight is 302 g/mol. The third-order valence-corrected chi connectivity index (χ3v) is 3.00. The maximum Gasteiger partial charge on any atom is 0.331 e. The SMILES string of the molecule is COCc1nn(-c2ccc(Cl)cc2)c(Cl)c1[N+](=O)[O-]. The zero-order chi connectivity index (χ0) is 14.0. The predicted molar refractivity (Wildman–Crippen MR) is 71.0 cm³/mol. The Bertz CT molecular complexity index is 610. The first-order valence-corrected chi connectivity index (χ1v) is 5.97. The minimum absolute atomic E-state index is 0.0105. The van der Waals surface area contributed by atoms with Gasteiger partial charge in [-0.15, -0.1) is 0 Å². The first kappa shape index (κ1) is 13.8. The Labute approximate surface area is 118 Å². The zero-order valence-corrected chi connectivity index (χ0v) is 11.4. The Morgan fingerprint density at radius 3 is 2.53 bits per heavy atom. The molecule has 0 unspecified atom stereocenters. The van der Waals surface area contributed by atoms with Crippen molar-refractivity contribution in [2.45, 2.75) is 6.61 Å². The van der Waals surface area contributed by atoms with Crippen LogP contribution < -0.4 is 0 Å². The van der Waals surface area contributed by atoms with Crippen LogP contribution in [0.4, 0.5) is 5.69 Å². The molecule has 1 aromatic heterocycles. The molecule has 8 heteroatoms. The van der Waals surface area contributed by atoms with E-state index in [9.17, 15) is 10.1 Å². The number of nitrogens with zero attached hydrogens (tertiary/aromatic N) is 3. The van der Waals surface area contributed by atoms with Crippen LogP contribution in [0.3, 0.4) is 0 Å². The van der Waals surface area contributed by atoms with Gasteiger partial charge in [-0.05, 0) is 24.3 Å². The molecule has 100 valence electrons. The van der Waals surface area contributed by atoms with Gasteiger partial charge in [0, 0.05) is 12.1 Å². The van der Waals surface area contributed by atoms with Crippen LogP contribution >= 0.6 is 23.2 Å². The molecular weight excluding hydrogens is 293 g/mol. The Hall–Kier alpha value is -1.63. The van der Waals surface area contributed by atoms with Crippen molar-refractivity contribution in [2.24, 2.45) is 0 Å². The Kier molecular flexibility index (Phi) is 4.04. The third-order valence-electron chi connectivity index (χ3n) is 2.41. The van der Waals surface area contributed by atoms with Gasteiger partial charge in [0.2, 0.25) is 5.15 Å². The van der Waals surface area contributed by atoms with Gasteiger partial charge < -0.3 is 4.74 Å². The van der Waals surface area contributed by atoms with Crippen molar-refractivity contribution in [1.82, 2.24) is 9.78 Å². The van der Waals surface area contributed by atoms with Gasteiger partial charge in [-0.2, -0.15) is 5.10 Å². The molecule has 1 aromatic carbocycles. The largest absolute Gasteiger partial charge is 0.378 e. The van der Waals surface area contributed by atoms with E-state index in [1.165, 1.54) is 11.8 Å². The fourth-order valence-electron chi connectivity index (χ4n) is 1.60. The van der Waals surface area contributed by atoms with Gasteiger partial charge in [0.15, 0.2) is 5.69 Å². The second-order valence-corrected chi connectivity index (χ2v) is 4.46. The Balaban J connectivity index is 2.55. The van der Waals surface area contributed by atoms with Gasteiger partial charge in [-0.3, -0.25) is 10.1 Å². The van der Waals surface area contributed by atoms with Crippen molar-refractivity contribution in [3.05, 3.63) is 50.2 Å². The predicted octanol–water partition coefficient (Wildman–Crippen LogP) is 3.23. The van der Waals surface area contributed by atoms with Gasteiger partial charge in [0.05, 0.1) is 17.2 Å². The summed E-state index contributed by atoms with van der Waals surface area (Å²) < 4.78 is 6.16. The fourth-order valence-corrected chi connectivity index (χ4v) is 2.04. The summed E-state index contributed by atoms with van der Waals surface area (Å²) in [5.74, 6) is 0. The monoisotopic (exact) mass is 301 g/mol. The molecule has 0 spiro atoms. The number of hydrogen-bond donors (Lipinski definition) is 0. The van der Waals surface area contributed by atoms with E-state index in [-0.39, 0.29) is 23.1 Å². The third kappa shape index (κ3) is 2.70. The highest BCUT2D eigenvalue weighted by molar-refractivity contribution is 6.32. The minimum Gasteiger partial charge on any atom is -0.378 e. The fraction of sp³-hybridized carbons (Fsp3) is 0.182. The molecule has 2 rings (SSSR count). The molecule has 0 saturated carbocycles. The molecule has 19 heavy (non-hydrogen) atoms. The zero-order valence-electron chi connectivity index (χ0n) is 9.84. The molecular formula is C11H9Cl2N3O3. The van der Waals surface area contributed by atoms with Crippen molar-refractivity contribution in [3.8, 4) is 5.69 Å². The van der Waals surface area contributed by atoms with E-state index >= 15 is 0 Å². The molecule has 0 aliphatic carbocycles. The van der Waals surface area contributed by atoms with Crippen molar-refractivity contribution in [1.29, 1.82) is 0 Å². The van der Waals surface area contributed by atoms with Gasteiger partial charge in [0.25, 0.3) is 0 Å². The van der Waals surface area contributed by atoms with Crippen LogP contribution in [0.15, 0.2) is 24.3 Å². The lowest BCUT2D eigenvalue weighted by Crippen LogP contribution is -1.97. The highest BCUT2D eigenvalue weighted by atomic mass is 35.5. The van der Waals surface area contributed by atoms with E-state index in [2.05, 4.69) is 5.10 Å². The standard InChI is InChI=1S/C11H9Cl2N3O3/c1-19-6-9-10(16(17)18)11(13)15(14-9)8-4-2-7(12)3-5-8/h2-5H,6H2,1H3. The summed E-state index contributed by atoms with van der Waals surface area (Å²) in [6.07, 6.45) is 0. The molecule has 0 aliphatic heterocycles. The first-order chi connectivity index (χ1) is 9.04. The van der Waals surface area contributed by atoms with Crippen molar-refractivity contribution in [3.63, 3.8) is 0 Å². The second kappa shape index (κ2) is 5.56. The van der Waals surface area contributed by atoms with Gasteiger partial charge in [0.1, 0.15) is 0 Å². The number of ether oxygens (including phenoxy) is 1. The number of hydrogen-bond acceptors (Lipinski definition) is 4. The lowest BCUT2D eigenvalue weighted by molar-refractivity contribution is -0.385. The van der Waals surface area contributed by atoms with E-state index in [4.69, 9.17) is 27.9 Å². The van der Waals surface area contributed by atoms with Crippen molar-refractivity contribution >= 4 is 28.9 Å². The van der Waals surface area contributed by atoms with E-state index in [1.54, 1.807) is 24.3 Å². The molecule has 0 amide bonds. The number of aromatic nitrogens is 2. The molecule has 1 heterocycles. The Morgan fingerprint density at radius 2 is 2.00 bits per heavy atom. The second-order valence-electron chi connectivity index (χ2n) is 3.66. The first-order valence-electron chi connectivity index (χ1n) is 5.21. The maximum absolute atomic E-state index is 11.0. The van der Waals surface area contributed by atoms with Gasteiger partial charge >= 0.3 is 5.69 Å². The molecule has 6 nitrogen and oxygen atoms in total. The van der Waals surface area contributed by atoms with Crippen LogP contribution in [-0.4, -0.2) is 21.8 Å². The summed E-state index contributed by atoms with van der Waals surface area (Å²) in [7, 11) is 1.43. The van der Waals surface area contributed by atoms with E-state index in [0.717, 1.165) is 0 Å². The molecule has 2 aromatic rings. The van der Waals surface area contributed by atoms with Gasteiger partial charge in [-0.25, -0.2) is 4.68 Å². The highest BCUT2D eigenvalue weighted by Crippen LogP contribution is 2.31. The molecule has 0 saturated heterocycles. The summed E-state index contributed by atoms with van der Waals surface area (Å²) in [5.41, 5.74) is 0.505. The lowest BCUT2D eigenvalue weighted by Gasteiger charge is -2.01. The summed E-state index contributed by atoms with van der Waals surface area (Å²) in [5, 5.41) is 15.6. The van der Waals surface area contributed by atoms with Crippen molar-refractivity contribution < 1.29 is 9.66 Å².